The number of imidazole rings is 1. The summed E-state index contributed by atoms with van der Waals surface area (Å²) in [5.74, 6) is -0.0754. The number of nitrogens with one attached hydrogen (secondary N) is 2. The molecule has 0 saturated heterocycles. The Balaban J connectivity index is 2.23. The van der Waals surface area contributed by atoms with Gasteiger partial charge in [-0.25, -0.2) is 9.78 Å². The van der Waals surface area contributed by atoms with Crippen molar-refractivity contribution in [1.82, 2.24) is 15.3 Å². The van der Waals surface area contributed by atoms with Crippen LogP contribution in [-0.2, 0) is 12.6 Å². The van der Waals surface area contributed by atoms with Crippen molar-refractivity contribution in [2.24, 2.45) is 0 Å². The Morgan fingerprint density at radius 3 is 2.52 bits per heavy atom. The standard InChI is InChI=1S/C13H12F3N3O2/c14-13(15,16)10-7-17-11(19-10)9(18-12(20)21)6-8-4-2-1-3-5-8/h1-5,7,9,18H,6H2,(H,17,19)(H,20,21). The second kappa shape index (κ2) is 5.86. The molecule has 0 radical (unpaired) electrons. The van der Waals surface area contributed by atoms with Gasteiger partial charge in [0.05, 0.1) is 12.2 Å². The summed E-state index contributed by atoms with van der Waals surface area (Å²) >= 11 is 0. The average molecular weight is 299 g/mol. The largest absolute Gasteiger partial charge is 0.465 e. The number of aromatic nitrogens is 2. The van der Waals surface area contributed by atoms with Gasteiger partial charge in [-0.05, 0) is 5.56 Å². The topological polar surface area (TPSA) is 78.0 Å². The van der Waals surface area contributed by atoms with Crippen molar-refractivity contribution in [3.63, 3.8) is 0 Å². The molecule has 2 rings (SSSR count). The monoisotopic (exact) mass is 299 g/mol. The van der Waals surface area contributed by atoms with Crippen molar-refractivity contribution >= 4 is 6.09 Å². The molecule has 0 fully saturated rings. The number of carbonyl (C=O) groups is 1. The van der Waals surface area contributed by atoms with Gasteiger partial charge >= 0.3 is 12.3 Å². The van der Waals surface area contributed by atoms with E-state index < -0.39 is 24.0 Å². The highest BCUT2D eigenvalue weighted by molar-refractivity contribution is 5.65. The van der Waals surface area contributed by atoms with Crippen molar-refractivity contribution in [2.45, 2.75) is 18.6 Å². The fourth-order valence-electron chi connectivity index (χ4n) is 1.87. The van der Waals surface area contributed by atoms with Gasteiger partial charge in [-0.2, -0.15) is 13.2 Å². The first kappa shape index (κ1) is 14.9. The van der Waals surface area contributed by atoms with Crippen molar-refractivity contribution in [3.05, 3.63) is 53.6 Å². The molecular weight excluding hydrogens is 287 g/mol. The zero-order chi connectivity index (χ0) is 15.5. The molecule has 0 aliphatic carbocycles. The van der Waals surface area contributed by atoms with Crippen LogP contribution in [0.5, 0.6) is 0 Å². The van der Waals surface area contributed by atoms with E-state index in [4.69, 9.17) is 5.11 Å². The van der Waals surface area contributed by atoms with Crippen LogP contribution in [0.1, 0.15) is 23.1 Å². The van der Waals surface area contributed by atoms with Gasteiger partial charge in [-0.3, -0.25) is 0 Å². The highest BCUT2D eigenvalue weighted by Crippen LogP contribution is 2.28. The first-order valence-electron chi connectivity index (χ1n) is 6.01. The minimum atomic E-state index is -4.55. The summed E-state index contributed by atoms with van der Waals surface area (Å²) in [6.45, 7) is 0. The third kappa shape index (κ3) is 3.98. The minimum absolute atomic E-state index is 0.0754. The highest BCUT2D eigenvalue weighted by Gasteiger charge is 2.34. The lowest BCUT2D eigenvalue weighted by Gasteiger charge is -2.15. The maximum Gasteiger partial charge on any atom is 0.432 e. The van der Waals surface area contributed by atoms with Gasteiger partial charge < -0.3 is 15.4 Å². The normalized spacial score (nSPS) is 12.9. The third-order valence-corrected chi connectivity index (χ3v) is 2.81. The number of amides is 1. The van der Waals surface area contributed by atoms with Crippen molar-refractivity contribution in [1.29, 1.82) is 0 Å². The van der Waals surface area contributed by atoms with Gasteiger partial charge in [-0.15, -0.1) is 0 Å². The number of benzene rings is 1. The van der Waals surface area contributed by atoms with Gasteiger partial charge in [0.25, 0.3) is 0 Å². The maximum absolute atomic E-state index is 12.5. The van der Waals surface area contributed by atoms with Gasteiger partial charge in [0.15, 0.2) is 0 Å². The van der Waals surface area contributed by atoms with Crippen LogP contribution < -0.4 is 5.32 Å². The molecule has 1 atom stereocenters. The highest BCUT2D eigenvalue weighted by atomic mass is 19.4. The number of alkyl halides is 3. The van der Waals surface area contributed by atoms with Crippen LogP contribution in [0.25, 0.3) is 0 Å². The van der Waals surface area contributed by atoms with E-state index in [0.717, 1.165) is 5.56 Å². The number of aromatic amines is 1. The molecule has 8 heteroatoms. The number of hydrogen-bond donors (Lipinski definition) is 3. The summed E-state index contributed by atoms with van der Waals surface area (Å²) in [6.07, 6.45) is -5.04. The van der Waals surface area contributed by atoms with Gasteiger partial charge in [0, 0.05) is 6.42 Å². The van der Waals surface area contributed by atoms with E-state index in [2.05, 4.69) is 15.3 Å². The quantitative estimate of drug-likeness (QED) is 0.812. The van der Waals surface area contributed by atoms with Crippen LogP contribution in [-0.4, -0.2) is 21.2 Å². The van der Waals surface area contributed by atoms with E-state index in [1.165, 1.54) is 0 Å². The second-order valence-electron chi connectivity index (χ2n) is 4.37. The van der Waals surface area contributed by atoms with E-state index in [1.807, 2.05) is 0 Å². The molecule has 1 aromatic carbocycles. The third-order valence-electron chi connectivity index (χ3n) is 2.81. The van der Waals surface area contributed by atoms with Crippen molar-refractivity contribution in [2.75, 3.05) is 0 Å². The number of nitrogens with zero attached hydrogens (tertiary/aromatic N) is 1. The molecule has 0 bridgehead atoms. The van der Waals surface area contributed by atoms with E-state index >= 15 is 0 Å². The lowest BCUT2D eigenvalue weighted by atomic mass is 10.1. The van der Waals surface area contributed by atoms with Crippen LogP contribution in [0.4, 0.5) is 18.0 Å². The molecule has 0 aliphatic heterocycles. The molecule has 21 heavy (non-hydrogen) atoms. The Bertz CT molecular complexity index is 611. The second-order valence-corrected chi connectivity index (χ2v) is 4.37. The summed E-state index contributed by atoms with van der Waals surface area (Å²) in [5, 5.41) is 11.0. The molecule has 0 aliphatic rings. The lowest BCUT2D eigenvalue weighted by molar-refractivity contribution is -0.140. The Kier molecular flexibility index (Phi) is 4.15. The van der Waals surface area contributed by atoms with Crippen molar-refractivity contribution in [3.8, 4) is 0 Å². The van der Waals surface area contributed by atoms with E-state index in [-0.39, 0.29) is 12.2 Å². The fourth-order valence-corrected chi connectivity index (χ4v) is 1.87. The van der Waals surface area contributed by atoms with Gasteiger partial charge in [0.2, 0.25) is 0 Å². The number of rotatable bonds is 4. The van der Waals surface area contributed by atoms with Crippen LogP contribution in [0, 0.1) is 0 Å². The summed E-state index contributed by atoms with van der Waals surface area (Å²) in [7, 11) is 0. The van der Waals surface area contributed by atoms with Crippen LogP contribution in [0.15, 0.2) is 36.5 Å². The van der Waals surface area contributed by atoms with Crippen LogP contribution >= 0.6 is 0 Å². The summed E-state index contributed by atoms with van der Waals surface area (Å²) in [6, 6.07) is 7.93. The molecule has 5 nitrogen and oxygen atoms in total. The maximum atomic E-state index is 12.5. The Hall–Kier alpha value is -2.51. The zero-order valence-corrected chi connectivity index (χ0v) is 10.7. The SMILES string of the molecule is O=C(O)NC(Cc1ccccc1)c1ncc(C(F)(F)F)[nH]1. The molecule has 1 heterocycles. The molecule has 1 aromatic heterocycles. The minimum Gasteiger partial charge on any atom is -0.465 e. The number of halogens is 3. The smallest absolute Gasteiger partial charge is 0.432 e. The summed E-state index contributed by atoms with van der Waals surface area (Å²) in [5.41, 5.74) is -0.232. The number of carboxylic acid groups (broad SMARTS) is 1. The van der Waals surface area contributed by atoms with Crippen LogP contribution in [0.2, 0.25) is 0 Å². The molecular formula is C13H12F3N3O2. The Labute approximate surface area is 117 Å². The van der Waals surface area contributed by atoms with Crippen molar-refractivity contribution < 1.29 is 23.1 Å². The molecule has 2 aromatic rings. The predicted molar refractivity (Wildman–Crippen MR) is 67.6 cm³/mol. The average Bonchev–Trinajstić information content (AvgIpc) is 2.88. The fraction of sp³-hybridized carbons (Fsp3) is 0.231. The molecule has 3 N–H and O–H groups in total. The first-order chi connectivity index (χ1) is 9.86. The Morgan fingerprint density at radius 1 is 1.33 bits per heavy atom. The lowest BCUT2D eigenvalue weighted by Crippen LogP contribution is -2.29. The zero-order valence-electron chi connectivity index (χ0n) is 10.7. The summed E-state index contributed by atoms with van der Waals surface area (Å²) < 4.78 is 37.6. The Morgan fingerprint density at radius 2 is 2.00 bits per heavy atom. The first-order valence-corrected chi connectivity index (χ1v) is 6.01. The van der Waals surface area contributed by atoms with E-state index in [0.29, 0.717) is 6.20 Å². The molecule has 112 valence electrons. The molecule has 0 saturated carbocycles. The van der Waals surface area contributed by atoms with Crippen LogP contribution in [0.3, 0.4) is 0 Å². The van der Waals surface area contributed by atoms with Gasteiger partial charge in [-0.1, -0.05) is 30.3 Å². The molecule has 1 amide bonds. The number of hydrogen-bond acceptors (Lipinski definition) is 2. The molecule has 1 unspecified atom stereocenters. The predicted octanol–water partition coefficient (Wildman–Crippen LogP) is 2.98. The summed E-state index contributed by atoms with van der Waals surface area (Å²) in [4.78, 5) is 16.5. The van der Waals surface area contributed by atoms with Gasteiger partial charge in [0.1, 0.15) is 11.5 Å². The molecule has 0 spiro atoms. The van der Waals surface area contributed by atoms with E-state index in [1.54, 1.807) is 30.3 Å². The van der Waals surface area contributed by atoms with E-state index in [9.17, 15) is 18.0 Å². The number of H-pyrrole nitrogens is 1.